The maximum absolute atomic E-state index is 9.79. The fourth-order valence-electron chi connectivity index (χ4n) is 3.11. The topological polar surface area (TPSA) is 32.7 Å². The van der Waals surface area contributed by atoms with Crippen LogP contribution < -0.4 is 0 Å². The van der Waals surface area contributed by atoms with Crippen LogP contribution in [0.3, 0.4) is 0 Å². The fraction of sp³-hybridized carbons (Fsp3) is 1.00. The van der Waals surface area contributed by atoms with Crippen LogP contribution in [0.25, 0.3) is 0 Å². The average Bonchev–Trinajstić information content (AvgIpc) is 2.36. The van der Waals surface area contributed by atoms with Gasteiger partial charge < -0.3 is 14.7 Å². The Morgan fingerprint density at radius 3 is 2.39 bits per heavy atom. The van der Waals surface area contributed by atoms with E-state index in [-0.39, 0.29) is 5.41 Å². The third-order valence-corrected chi connectivity index (χ3v) is 4.04. The van der Waals surface area contributed by atoms with Gasteiger partial charge in [-0.1, -0.05) is 33.1 Å². The van der Waals surface area contributed by atoms with Crippen LogP contribution in [0, 0.1) is 11.3 Å². The minimum atomic E-state index is 0.154. The zero-order valence-electron chi connectivity index (χ0n) is 12.5. The van der Waals surface area contributed by atoms with E-state index >= 15 is 0 Å². The van der Waals surface area contributed by atoms with E-state index in [1.54, 1.807) is 7.11 Å². The second kappa shape index (κ2) is 8.13. The standard InChI is InChI=1S/C15H31NO2/c1-14(2)11-16(9-10-18-3)12-15(13-17)7-5-4-6-8-15/h14,17H,4-13H2,1-3H3. The average molecular weight is 257 g/mol. The van der Waals surface area contributed by atoms with Crippen molar-refractivity contribution < 1.29 is 9.84 Å². The van der Waals surface area contributed by atoms with Gasteiger partial charge in [0.15, 0.2) is 0 Å². The van der Waals surface area contributed by atoms with Crippen LogP contribution in [0.5, 0.6) is 0 Å². The number of rotatable bonds is 8. The van der Waals surface area contributed by atoms with E-state index < -0.39 is 0 Å². The molecule has 0 spiro atoms. The van der Waals surface area contributed by atoms with Crippen molar-refractivity contribution in [3.8, 4) is 0 Å². The number of aliphatic hydroxyl groups excluding tert-OH is 1. The monoisotopic (exact) mass is 257 g/mol. The first kappa shape index (κ1) is 15.9. The predicted molar refractivity (Wildman–Crippen MR) is 75.8 cm³/mol. The lowest BCUT2D eigenvalue weighted by molar-refractivity contribution is 0.0276. The van der Waals surface area contributed by atoms with Crippen LogP contribution in [-0.2, 0) is 4.74 Å². The fourth-order valence-corrected chi connectivity index (χ4v) is 3.11. The van der Waals surface area contributed by atoms with Gasteiger partial charge in [0.05, 0.1) is 6.61 Å². The van der Waals surface area contributed by atoms with Crippen molar-refractivity contribution in [1.29, 1.82) is 0 Å². The second-order valence-electron chi connectivity index (χ2n) is 6.34. The maximum atomic E-state index is 9.79. The van der Waals surface area contributed by atoms with Gasteiger partial charge >= 0.3 is 0 Å². The Bertz CT molecular complexity index is 213. The molecule has 3 nitrogen and oxygen atoms in total. The summed E-state index contributed by atoms with van der Waals surface area (Å²) in [4.78, 5) is 2.48. The normalized spacial score (nSPS) is 19.7. The van der Waals surface area contributed by atoms with Gasteiger partial charge in [-0.3, -0.25) is 0 Å². The molecule has 0 aromatic carbocycles. The van der Waals surface area contributed by atoms with Crippen molar-refractivity contribution in [1.82, 2.24) is 4.90 Å². The number of hydrogen-bond acceptors (Lipinski definition) is 3. The van der Waals surface area contributed by atoms with Gasteiger partial charge in [0.25, 0.3) is 0 Å². The molecule has 0 aromatic rings. The highest BCUT2D eigenvalue weighted by Gasteiger charge is 2.33. The Morgan fingerprint density at radius 2 is 1.89 bits per heavy atom. The molecule has 1 saturated carbocycles. The maximum Gasteiger partial charge on any atom is 0.0589 e. The summed E-state index contributed by atoms with van der Waals surface area (Å²) >= 11 is 0. The van der Waals surface area contributed by atoms with Gasteiger partial charge in [0.1, 0.15) is 0 Å². The highest BCUT2D eigenvalue weighted by molar-refractivity contribution is 4.85. The molecule has 0 saturated heterocycles. The Morgan fingerprint density at radius 1 is 1.22 bits per heavy atom. The first-order chi connectivity index (χ1) is 8.62. The second-order valence-corrected chi connectivity index (χ2v) is 6.34. The highest BCUT2D eigenvalue weighted by Crippen LogP contribution is 2.36. The molecular weight excluding hydrogens is 226 g/mol. The summed E-state index contributed by atoms with van der Waals surface area (Å²) in [7, 11) is 1.76. The Labute approximate surface area is 113 Å². The van der Waals surface area contributed by atoms with Crippen LogP contribution in [0.1, 0.15) is 46.0 Å². The molecule has 0 atom stereocenters. The van der Waals surface area contributed by atoms with Crippen LogP contribution in [0.15, 0.2) is 0 Å². The molecule has 1 rings (SSSR count). The van der Waals surface area contributed by atoms with Gasteiger partial charge in [0.2, 0.25) is 0 Å². The number of hydrogen-bond donors (Lipinski definition) is 1. The molecule has 0 radical (unpaired) electrons. The number of methoxy groups -OCH3 is 1. The summed E-state index contributed by atoms with van der Waals surface area (Å²) < 4.78 is 5.21. The number of nitrogens with zero attached hydrogens (tertiary/aromatic N) is 1. The van der Waals surface area contributed by atoms with Crippen molar-refractivity contribution in [3.05, 3.63) is 0 Å². The van der Waals surface area contributed by atoms with E-state index in [1.807, 2.05) is 0 Å². The first-order valence-electron chi connectivity index (χ1n) is 7.44. The van der Waals surface area contributed by atoms with Crippen molar-refractivity contribution >= 4 is 0 Å². The van der Waals surface area contributed by atoms with Crippen molar-refractivity contribution in [3.63, 3.8) is 0 Å². The zero-order chi connectivity index (χ0) is 13.4. The number of ether oxygens (including phenoxy) is 1. The zero-order valence-corrected chi connectivity index (χ0v) is 12.5. The van der Waals surface area contributed by atoms with Gasteiger partial charge in [0, 0.05) is 38.8 Å². The third-order valence-electron chi connectivity index (χ3n) is 4.04. The summed E-state index contributed by atoms with van der Waals surface area (Å²) in [5.41, 5.74) is 0.154. The van der Waals surface area contributed by atoms with Crippen LogP contribution >= 0.6 is 0 Å². The third kappa shape index (κ3) is 5.25. The lowest BCUT2D eigenvalue weighted by atomic mass is 9.74. The molecule has 108 valence electrons. The number of aliphatic hydroxyl groups is 1. The van der Waals surface area contributed by atoms with Crippen LogP contribution in [0.2, 0.25) is 0 Å². The quantitative estimate of drug-likeness (QED) is 0.725. The smallest absolute Gasteiger partial charge is 0.0589 e. The van der Waals surface area contributed by atoms with Crippen molar-refractivity contribution in [2.45, 2.75) is 46.0 Å². The molecule has 0 amide bonds. The molecule has 1 aliphatic carbocycles. The molecule has 1 aliphatic rings. The lowest BCUT2D eigenvalue weighted by Crippen LogP contribution is -2.44. The van der Waals surface area contributed by atoms with E-state index in [2.05, 4.69) is 18.7 Å². The van der Waals surface area contributed by atoms with E-state index in [1.165, 1.54) is 32.1 Å². The Hall–Kier alpha value is -0.120. The molecule has 18 heavy (non-hydrogen) atoms. The van der Waals surface area contributed by atoms with Crippen LogP contribution in [-0.4, -0.2) is 50.0 Å². The molecule has 0 aliphatic heterocycles. The molecule has 0 bridgehead atoms. The van der Waals surface area contributed by atoms with E-state index in [9.17, 15) is 5.11 Å². The molecule has 0 unspecified atom stereocenters. The summed E-state index contributed by atoms with van der Waals surface area (Å²) in [6.45, 7) is 8.76. The summed E-state index contributed by atoms with van der Waals surface area (Å²) in [5, 5.41) is 9.79. The first-order valence-corrected chi connectivity index (χ1v) is 7.44. The predicted octanol–water partition coefficient (Wildman–Crippen LogP) is 2.53. The summed E-state index contributed by atoms with van der Waals surface area (Å²) in [6, 6.07) is 0. The van der Waals surface area contributed by atoms with Gasteiger partial charge in [-0.05, 0) is 18.8 Å². The molecular formula is C15H31NO2. The van der Waals surface area contributed by atoms with Gasteiger partial charge in [-0.2, -0.15) is 0 Å². The van der Waals surface area contributed by atoms with Crippen LogP contribution in [0.4, 0.5) is 0 Å². The molecule has 0 heterocycles. The summed E-state index contributed by atoms with van der Waals surface area (Å²) in [6.07, 6.45) is 6.26. The van der Waals surface area contributed by atoms with E-state index in [0.29, 0.717) is 12.5 Å². The highest BCUT2D eigenvalue weighted by atomic mass is 16.5. The Balaban J connectivity index is 2.54. The largest absolute Gasteiger partial charge is 0.396 e. The van der Waals surface area contributed by atoms with Gasteiger partial charge in [-0.25, -0.2) is 0 Å². The van der Waals surface area contributed by atoms with E-state index in [4.69, 9.17) is 4.74 Å². The molecule has 0 aromatic heterocycles. The van der Waals surface area contributed by atoms with E-state index in [0.717, 1.165) is 26.2 Å². The Kier molecular flexibility index (Phi) is 7.20. The minimum absolute atomic E-state index is 0.154. The van der Waals surface area contributed by atoms with Crippen molar-refractivity contribution in [2.24, 2.45) is 11.3 Å². The lowest BCUT2D eigenvalue weighted by Gasteiger charge is -2.40. The molecule has 1 fully saturated rings. The summed E-state index contributed by atoms with van der Waals surface area (Å²) in [5.74, 6) is 0.668. The SMILES string of the molecule is COCCN(CC(C)C)CC1(CO)CCCCC1. The minimum Gasteiger partial charge on any atom is -0.396 e. The molecule has 3 heteroatoms. The van der Waals surface area contributed by atoms with Crippen molar-refractivity contribution in [2.75, 3.05) is 40.0 Å². The van der Waals surface area contributed by atoms with Gasteiger partial charge in [-0.15, -0.1) is 0 Å². The molecule has 1 N–H and O–H groups in total.